The number of halogens is 3. The lowest BCUT2D eigenvalue weighted by atomic mass is 9.93. The third-order valence-electron chi connectivity index (χ3n) is 2.79. The number of rotatable bonds is 4. The van der Waals surface area contributed by atoms with Crippen molar-refractivity contribution in [2.75, 3.05) is 11.9 Å². The number of nitrogens with zero attached hydrogens (tertiary/aromatic N) is 2. The van der Waals surface area contributed by atoms with E-state index in [4.69, 9.17) is 0 Å². The highest BCUT2D eigenvalue weighted by atomic mass is 19.4. The van der Waals surface area contributed by atoms with Crippen LogP contribution in [0.2, 0.25) is 0 Å². The van der Waals surface area contributed by atoms with E-state index in [1.807, 2.05) is 0 Å². The van der Waals surface area contributed by atoms with Gasteiger partial charge in [0.2, 0.25) is 11.5 Å². The first-order valence-electron chi connectivity index (χ1n) is 5.79. The Balaban J connectivity index is 2.25. The number of anilines is 1. The first-order chi connectivity index (χ1) is 9.43. The normalized spacial score (nSPS) is 14.6. The van der Waals surface area contributed by atoms with Gasteiger partial charge in [-0.05, 0) is 11.6 Å². The smallest absolute Gasteiger partial charge is 0.375 e. The van der Waals surface area contributed by atoms with Gasteiger partial charge in [0, 0.05) is 12.4 Å². The quantitative estimate of drug-likeness (QED) is 0.904. The Bertz CT molecular complexity index is 548. The highest BCUT2D eigenvalue weighted by molar-refractivity contribution is 5.30. The summed E-state index contributed by atoms with van der Waals surface area (Å²) in [6.07, 6.45) is -2.04. The molecule has 1 aromatic heterocycles. The van der Waals surface area contributed by atoms with E-state index in [9.17, 15) is 18.3 Å². The summed E-state index contributed by atoms with van der Waals surface area (Å²) in [7, 11) is 0. The van der Waals surface area contributed by atoms with Crippen molar-refractivity contribution in [1.82, 2.24) is 9.97 Å². The molecule has 0 aliphatic heterocycles. The largest absolute Gasteiger partial charge is 0.423 e. The van der Waals surface area contributed by atoms with Crippen LogP contribution in [0.5, 0.6) is 0 Å². The predicted molar refractivity (Wildman–Crippen MR) is 66.9 cm³/mol. The van der Waals surface area contributed by atoms with E-state index in [0.29, 0.717) is 0 Å². The molecule has 0 unspecified atom stereocenters. The fourth-order valence-corrected chi connectivity index (χ4v) is 1.68. The maximum absolute atomic E-state index is 13.2. The molecule has 1 atom stereocenters. The second-order valence-electron chi connectivity index (χ2n) is 4.15. The molecule has 2 aromatic rings. The van der Waals surface area contributed by atoms with Crippen LogP contribution in [0.25, 0.3) is 0 Å². The van der Waals surface area contributed by atoms with Gasteiger partial charge in [0.1, 0.15) is 0 Å². The summed E-state index contributed by atoms with van der Waals surface area (Å²) < 4.78 is 39.5. The predicted octanol–water partition coefficient (Wildman–Crippen LogP) is 2.34. The van der Waals surface area contributed by atoms with Gasteiger partial charge in [-0.1, -0.05) is 30.3 Å². The Morgan fingerprint density at radius 3 is 2.15 bits per heavy atom. The van der Waals surface area contributed by atoms with Crippen LogP contribution in [0, 0.1) is 0 Å². The van der Waals surface area contributed by atoms with E-state index in [0.717, 1.165) is 0 Å². The Morgan fingerprint density at radius 2 is 1.60 bits per heavy atom. The zero-order valence-electron chi connectivity index (χ0n) is 10.3. The van der Waals surface area contributed by atoms with Crippen LogP contribution in [-0.4, -0.2) is 27.8 Å². The van der Waals surface area contributed by atoms with Crippen LogP contribution in [0.15, 0.2) is 48.8 Å². The second-order valence-corrected chi connectivity index (χ2v) is 4.15. The molecule has 2 rings (SSSR count). The van der Waals surface area contributed by atoms with Gasteiger partial charge in [0.25, 0.3) is 0 Å². The molecule has 1 aromatic carbocycles. The van der Waals surface area contributed by atoms with Crippen molar-refractivity contribution < 1.29 is 18.3 Å². The summed E-state index contributed by atoms with van der Waals surface area (Å²) in [5.41, 5.74) is -3.25. The molecule has 1 heterocycles. The summed E-state index contributed by atoms with van der Waals surface area (Å²) in [6, 6.07) is 8.44. The van der Waals surface area contributed by atoms with Crippen molar-refractivity contribution >= 4 is 5.95 Å². The van der Waals surface area contributed by atoms with Crippen molar-refractivity contribution in [2.24, 2.45) is 0 Å². The molecule has 7 heteroatoms. The molecule has 0 amide bonds. The molecule has 2 N–H and O–H groups in total. The second kappa shape index (κ2) is 5.46. The lowest BCUT2D eigenvalue weighted by molar-refractivity contribution is -0.260. The van der Waals surface area contributed by atoms with Gasteiger partial charge in [-0.2, -0.15) is 13.2 Å². The Morgan fingerprint density at radius 1 is 1.00 bits per heavy atom. The minimum Gasteiger partial charge on any atom is -0.375 e. The van der Waals surface area contributed by atoms with Crippen LogP contribution >= 0.6 is 0 Å². The number of aromatic nitrogens is 2. The molecule has 0 fully saturated rings. The average Bonchev–Trinajstić information content (AvgIpc) is 2.45. The monoisotopic (exact) mass is 283 g/mol. The molecule has 20 heavy (non-hydrogen) atoms. The van der Waals surface area contributed by atoms with E-state index >= 15 is 0 Å². The third-order valence-corrected chi connectivity index (χ3v) is 2.79. The Hall–Kier alpha value is -2.15. The lowest BCUT2D eigenvalue weighted by Gasteiger charge is -2.31. The van der Waals surface area contributed by atoms with Gasteiger partial charge >= 0.3 is 6.18 Å². The van der Waals surface area contributed by atoms with Gasteiger partial charge in [0.15, 0.2) is 0 Å². The molecule has 0 saturated carbocycles. The maximum Gasteiger partial charge on any atom is 0.423 e. The molecule has 0 saturated heterocycles. The molecule has 0 aliphatic rings. The minimum atomic E-state index is -4.82. The van der Waals surface area contributed by atoms with Crippen LogP contribution in [0.4, 0.5) is 19.1 Å². The van der Waals surface area contributed by atoms with Gasteiger partial charge in [-0.15, -0.1) is 0 Å². The van der Waals surface area contributed by atoms with Gasteiger partial charge < -0.3 is 10.4 Å². The van der Waals surface area contributed by atoms with Crippen molar-refractivity contribution in [3.05, 3.63) is 54.4 Å². The van der Waals surface area contributed by atoms with E-state index in [-0.39, 0.29) is 11.5 Å². The highest BCUT2D eigenvalue weighted by Crippen LogP contribution is 2.38. The molecule has 0 bridgehead atoms. The standard InChI is InChI=1S/C13H12F3N3O/c14-13(15,16)12(20,10-5-2-1-3-6-10)9-19-11-17-7-4-8-18-11/h1-8,20H,9H2,(H,17,18,19)/t12-/m0/s1. The minimum absolute atomic E-state index is 0.0195. The van der Waals surface area contributed by atoms with Gasteiger partial charge in [-0.25, -0.2) is 9.97 Å². The topological polar surface area (TPSA) is 58.0 Å². The van der Waals surface area contributed by atoms with E-state index in [2.05, 4.69) is 15.3 Å². The SMILES string of the molecule is O[C@@](CNc1ncccn1)(c1ccccc1)C(F)(F)F. The molecular formula is C13H12F3N3O. The van der Waals surface area contributed by atoms with Crippen molar-refractivity contribution in [3.63, 3.8) is 0 Å². The summed E-state index contributed by atoms with van der Waals surface area (Å²) in [5.74, 6) is 0.0195. The van der Waals surface area contributed by atoms with Crippen LogP contribution in [0.3, 0.4) is 0 Å². The molecule has 0 spiro atoms. The van der Waals surface area contributed by atoms with E-state index in [1.54, 1.807) is 12.1 Å². The Labute approximate surface area is 113 Å². The number of nitrogens with one attached hydrogen (secondary N) is 1. The van der Waals surface area contributed by atoms with Crippen molar-refractivity contribution in [2.45, 2.75) is 11.8 Å². The van der Waals surface area contributed by atoms with E-state index in [1.165, 1.54) is 36.7 Å². The third kappa shape index (κ3) is 2.88. The Kier molecular flexibility index (Phi) is 3.89. The van der Waals surface area contributed by atoms with E-state index < -0.39 is 18.3 Å². The summed E-state index contributed by atoms with van der Waals surface area (Å²) in [5, 5.41) is 12.4. The lowest BCUT2D eigenvalue weighted by Crippen LogP contribution is -2.47. The first-order valence-corrected chi connectivity index (χ1v) is 5.79. The zero-order valence-corrected chi connectivity index (χ0v) is 10.3. The molecule has 4 nitrogen and oxygen atoms in total. The highest BCUT2D eigenvalue weighted by Gasteiger charge is 2.54. The maximum atomic E-state index is 13.2. The van der Waals surface area contributed by atoms with Gasteiger partial charge in [0.05, 0.1) is 6.54 Å². The zero-order chi connectivity index (χ0) is 14.6. The van der Waals surface area contributed by atoms with Crippen molar-refractivity contribution in [3.8, 4) is 0 Å². The summed E-state index contributed by atoms with van der Waals surface area (Å²) >= 11 is 0. The number of benzene rings is 1. The summed E-state index contributed by atoms with van der Waals surface area (Å²) in [4.78, 5) is 7.51. The number of hydrogen-bond donors (Lipinski definition) is 2. The molecular weight excluding hydrogens is 271 g/mol. The number of hydrogen-bond acceptors (Lipinski definition) is 4. The van der Waals surface area contributed by atoms with Crippen molar-refractivity contribution in [1.29, 1.82) is 0 Å². The molecule has 106 valence electrons. The van der Waals surface area contributed by atoms with Crippen LogP contribution in [0.1, 0.15) is 5.56 Å². The average molecular weight is 283 g/mol. The first kappa shape index (κ1) is 14.3. The van der Waals surface area contributed by atoms with Crippen LogP contribution < -0.4 is 5.32 Å². The number of aliphatic hydroxyl groups is 1. The number of alkyl halides is 3. The summed E-state index contributed by atoms with van der Waals surface area (Å²) in [6.45, 7) is -0.773. The fourth-order valence-electron chi connectivity index (χ4n) is 1.68. The molecule has 0 radical (unpaired) electrons. The van der Waals surface area contributed by atoms with Crippen LogP contribution in [-0.2, 0) is 5.60 Å². The fraction of sp³-hybridized carbons (Fsp3) is 0.231. The molecule has 0 aliphatic carbocycles. The van der Waals surface area contributed by atoms with Gasteiger partial charge in [-0.3, -0.25) is 0 Å².